The Kier molecular flexibility index (Phi) is 4.12. The lowest BCUT2D eigenvalue weighted by molar-refractivity contribution is -0.384. The van der Waals surface area contributed by atoms with Crippen molar-refractivity contribution in [3.05, 3.63) is 63.3 Å². The van der Waals surface area contributed by atoms with E-state index in [2.05, 4.69) is 10.3 Å². The summed E-state index contributed by atoms with van der Waals surface area (Å²) in [5, 5.41) is 33.8. The van der Waals surface area contributed by atoms with Crippen LogP contribution in [0, 0.1) is 10.1 Å². The van der Waals surface area contributed by atoms with Crippen molar-refractivity contribution < 1.29 is 19.9 Å². The third kappa shape index (κ3) is 3.15. The number of benzene rings is 2. The number of nitro groups is 1. The molecule has 0 bridgehead atoms. The number of nitrogens with one attached hydrogen (secondary N) is 1. The minimum atomic E-state index is -1.25. The van der Waals surface area contributed by atoms with Gasteiger partial charge in [0.2, 0.25) is 0 Å². The summed E-state index contributed by atoms with van der Waals surface area (Å²) < 4.78 is 0. The van der Waals surface area contributed by atoms with Crippen LogP contribution in [0.5, 0.6) is 5.75 Å². The number of anilines is 2. The fourth-order valence-corrected chi connectivity index (χ4v) is 2.51. The fraction of sp³-hybridized carbons (Fsp3) is 0. The molecule has 0 aliphatic heterocycles. The average Bonchev–Trinajstić information content (AvgIpc) is 2.56. The molecule has 25 heavy (non-hydrogen) atoms. The van der Waals surface area contributed by atoms with Gasteiger partial charge in [0.05, 0.1) is 21.8 Å². The monoisotopic (exact) mass is 359 g/mol. The normalized spacial score (nSPS) is 10.6. The first-order valence-corrected chi connectivity index (χ1v) is 7.30. The Labute approximate surface area is 145 Å². The molecule has 3 N–H and O–H groups in total. The van der Waals surface area contributed by atoms with Gasteiger partial charge < -0.3 is 15.5 Å². The molecule has 0 saturated carbocycles. The standard InChI is InChI=1S/C16H10ClN3O5/c17-8-1-3-12-10(5-8)15(11(7-18-12)16(22)23)19-13-6-9(20(24)25)2-4-14(13)21/h1-7,21H,(H,18,19)(H,22,23). The lowest BCUT2D eigenvalue weighted by atomic mass is 10.1. The lowest BCUT2D eigenvalue weighted by Gasteiger charge is -2.14. The predicted molar refractivity (Wildman–Crippen MR) is 91.8 cm³/mol. The first-order chi connectivity index (χ1) is 11.9. The summed E-state index contributed by atoms with van der Waals surface area (Å²) in [6.45, 7) is 0. The van der Waals surface area contributed by atoms with E-state index < -0.39 is 10.9 Å². The molecule has 1 heterocycles. The van der Waals surface area contributed by atoms with Crippen LogP contribution in [0.25, 0.3) is 10.9 Å². The predicted octanol–water partition coefficient (Wildman–Crippen LogP) is 3.94. The zero-order chi connectivity index (χ0) is 18.1. The number of aromatic nitrogens is 1. The highest BCUT2D eigenvalue weighted by Gasteiger charge is 2.18. The van der Waals surface area contributed by atoms with Crippen LogP contribution in [-0.2, 0) is 0 Å². The van der Waals surface area contributed by atoms with E-state index in [-0.39, 0.29) is 28.4 Å². The Morgan fingerprint density at radius 2 is 2.00 bits per heavy atom. The quantitative estimate of drug-likeness (QED) is 0.366. The van der Waals surface area contributed by atoms with Gasteiger partial charge in [-0.3, -0.25) is 15.1 Å². The van der Waals surface area contributed by atoms with Gasteiger partial charge in [-0.05, 0) is 24.3 Å². The van der Waals surface area contributed by atoms with Crippen LogP contribution >= 0.6 is 11.6 Å². The van der Waals surface area contributed by atoms with E-state index in [1.807, 2.05) is 0 Å². The first kappa shape index (κ1) is 16.5. The Hall–Kier alpha value is -3.39. The maximum absolute atomic E-state index is 11.5. The van der Waals surface area contributed by atoms with Crippen molar-refractivity contribution in [2.24, 2.45) is 0 Å². The summed E-state index contributed by atoms with van der Waals surface area (Å²) in [5.41, 5.74) is 0.163. The van der Waals surface area contributed by atoms with Gasteiger partial charge in [-0.1, -0.05) is 11.6 Å². The molecule has 9 heteroatoms. The first-order valence-electron chi connectivity index (χ1n) is 6.93. The number of fused-ring (bicyclic) bond motifs is 1. The Morgan fingerprint density at radius 3 is 2.68 bits per heavy atom. The number of halogens is 1. The summed E-state index contributed by atoms with van der Waals surface area (Å²) in [5.74, 6) is -1.52. The summed E-state index contributed by atoms with van der Waals surface area (Å²) in [6, 6.07) is 8.13. The molecular formula is C16H10ClN3O5. The molecule has 0 spiro atoms. The molecule has 3 aromatic rings. The van der Waals surface area contributed by atoms with Crippen molar-refractivity contribution in [3.8, 4) is 5.75 Å². The Balaban J connectivity index is 2.22. The third-order valence-corrected chi connectivity index (χ3v) is 3.75. The number of non-ortho nitro benzene ring substituents is 1. The van der Waals surface area contributed by atoms with E-state index >= 15 is 0 Å². The second-order valence-electron chi connectivity index (χ2n) is 5.10. The topological polar surface area (TPSA) is 126 Å². The number of carboxylic acid groups (broad SMARTS) is 1. The van der Waals surface area contributed by atoms with Crippen molar-refractivity contribution in [3.63, 3.8) is 0 Å². The number of pyridine rings is 1. The van der Waals surface area contributed by atoms with Gasteiger partial charge >= 0.3 is 5.97 Å². The van der Waals surface area contributed by atoms with Crippen LogP contribution < -0.4 is 5.32 Å². The van der Waals surface area contributed by atoms with Gasteiger partial charge in [-0.25, -0.2) is 4.79 Å². The SMILES string of the molecule is O=C(O)c1cnc2ccc(Cl)cc2c1Nc1cc([N+](=O)[O-])ccc1O. The van der Waals surface area contributed by atoms with Gasteiger partial charge in [0.25, 0.3) is 5.69 Å². The number of phenols is 1. The highest BCUT2D eigenvalue weighted by atomic mass is 35.5. The number of hydrogen-bond acceptors (Lipinski definition) is 6. The summed E-state index contributed by atoms with van der Waals surface area (Å²) in [7, 11) is 0. The minimum absolute atomic E-state index is 0.0100. The number of rotatable bonds is 4. The van der Waals surface area contributed by atoms with Crippen LogP contribution in [0.3, 0.4) is 0 Å². The summed E-state index contributed by atoms with van der Waals surface area (Å²) in [4.78, 5) is 25.9. The largest absolute Gasteiger partial charge is 0.506 e. The second-order valence-corrected chi connectivity index (χ2v) is 5.53. The molecule has 0 aliphatic carbocycles. The molecule has 0 amide bonds. The van der Waals surface area contributed by atoms with E-state index in [9.17, 15) is 25.1 Å². The highest BCUT2D eigenvalue weighted by molar-refractivity contribution is 6.31. The number of nitro benzene ring substituents is 1. The van der Waals surface area contributed by atoms with Gasteiger partial charge in [-0.2, -0.15) is 0 Å². The number of hydrogen-bond donors (Lipinski definition) is 3. The van der Waals surface area contributed by atoms with Gasteiger partial charge in [-0.15, -0.1) is 0 Å². The van der Waals surface area contributed by atoms with E-state index in [1.165, 1.54) is 6.07 Å². The van der Waals surface area contributed by atoms with E-state index in [0.717, 1.165) is 24.4 Å². The number of aromatic hydroxyl groups is 1. The van der Waals surface area contributed by atoms with Crippen LogP contribution in [0.2, 0.25) is 5.02 Å². The third-order valence-electron chi connectivity index (χ3n) is 3.51. The van der Waals surface area contributed by atoms with Crippen molar-refractivity contribution in [2.45, 2.75) is 0 Å². The number of aromatic carboxylic acids is 1. The molecule has 0 atom stereocenters. The van der Waals surface area contributed by atoms with E-state index in [4.69, 9.17) is 11.6 Å². The van der Waals surface area contributed by atoms with Gasteiger partial charge in [0.15, 0.2) is 0 Å². The Bertz CT molecular complexity index is 1020. The van der Waals surface area contributed by atoms with Crippen molar-refractivity contribution in [1.29, 1.82) is 0 Å². The molecule has 0 radical (unpaired) electrons. The zero-order valence-corrected chi connectivity index (χ0v) is 13.2. The Morgan fingerprint density at radius 1 is 1.24 bits per heavy atom. The van der Waals surface area contributed by atoms with Crippen LogP contribution in [-0.4, -0.2) is 26.1 Å². The van der Waals surface area contributed by atoms with E-state index in [1.54, 1.807) is 12.1 Å². The van der Waals surface area contributed by atoms with Crippen LogP contribution in [0.15, 0.2) is 42.6 Å². The average molecular weight is 360 g/mol. The molecule has 3 rings (SSSR count). The molecule has 0 unspecified atom stereocenters. The van der Waals surface area contributed by atoms with E-state index in [0.29, 0.717) is 15.9 Å². The number of carbonyl (C=O) groups is 1. The highest BCUT2D eigenvalue weighted by Crippen LogP contribution is 2.35. The fourth-order valence-electron chi connectivity index (χ4n) is 2.33. The molecule has 2 aromatic carbocycles. The lowest BCUT2D eigenvalue weighted by Crippen LogP contribution is -2.05. The molecule has 126 valence electrons. The van der Waals surface area contributed by atoms with Crippen LogP contribution in [0.4, 0.5) is 17.1 Å². The number of nitrogens with zero attached hydrogens (tertiary/aromatic N) is 2. The molecular weight excluding hydrogens is 350 g/mol. The van der Waals surface area contributed by atoms with Crippen LogP contribution in [0.1, 0.15) is 10.4 Å². The van der Waals surface area contributed by atoms with Gasteiger partial charge in [0.1, 0.15) is 11.3 Å². The minimum Gasteiger partial charge on any atom is -0.506 e. The maximum atomic E-state index is 11.5. The smallest absolute Gasteiger partial charge is 0.339 e. The maximum Gasteiger partial charge on any atom is 0.339 e. The molecule has 8 nitrogen and oxygen atoms in total. The van der Waals surface area contributed by atoms with Crippen molar-refractivity contribution in [2.75, 3.05) is 5.32 Å². The summed E-state index contributed by atoms with van der Waals surface area (Å²) in [6.07, 6.45) is 1.16. The van der Waals surface area contributed by atoms with Crippen molar-refractivity contribution in [1.82, 2.24) is 4.98 Å². The molecule has 0 saturated heterocycles. The summed E-state index contributed by atoms with van der Waals surface area (Å²) >= 11 is 5.98. The zero-order valence-electron chi connectivity index (χ0n) is 12.4. The molecule has 0 aliphatic rings. The van der Waals surface area contributed by atoms with Crippen molar-refractivity contribution >= 4 is 45.5 Å². The number of carboxylic acids is 1. The molecule has 1 aromatic heterocycles. The second kappa shape index (κ2) is 6.25. The molecule has 0 fully saturated rings. The van der Waals surface area contributed by atoms with Gasteiger partial charge in [0, 0.05) is 28.7 Å². The number of phenolic OH excluding ortho intramolecular Hbond substituents is 1.